The highest BCUT2D eigenvalue weighted by Gasteiger charge is 2.36. The zero-order chi connectivity index (χ0) is 21.1. The average molecular weight is 402 g/mol. The van der Waals surface area contributed by atoms with Gasteiger partial charge in [0.1, 0.15) is 11.9 Å². The summed E-state index contributed by atoms with van der Waals surface area (Å²) in [6.07, 6.45) is 1.99. The van der Waals surface area contributed by atoms with Crippen LogP contribution in [-0.2, 0) is 0 Å². The van der Waals surface area contributed by atoms with Crippen LogP contribution in [0.15, 0.2) is 18.3 Å². The molecule has 29 heavy (non-hydrogen) atoms. The minimum atomic E-state index is -1.17. The van der Waals surface area contributed by atoms with E-state index in [4.69, 9.17) is 5.11 Å². The minimum absolute atomic E-state index is 0.0369. The molecule has 10 heteroatoms. The second kappa shape index (κ2) is 8.26. The molecule has 152 valence electrons. The first kappa shape index (κ1) is 20.3. The SMILES string of the molecule is Cc1ncc(Nc2nc(N[C@@H](C3CC3)[C@H](C)NC(=O)O)c(F)cc2C#N)cc1F. The van der Waals surface area contributed by atoms with Gasteiger partial charge in [0.15, 0.2) is 17.5 Å². The van der Waals surface area contributed by atoms with Crippen LogP contribution < -0.4 is 16.0 Å². The van der Waals surface area contributed by atoms with E-state index in [2.05, 4.69) is 25.9 Å². The second-order valence-corrected chi connectivity index (χ2v) is 6.99. The number of halogens is 2. The summed E-state index contributed by atoms with van der Waals surface area (Å²) >= 11 is 0. The average Bonchev–Trinajstić information content (AvgIpc) is 3.49. The molecule has 0 bridgehead atoms. The van der Waals surface area contributed by atoms with Crippen LogP contribution in [0.4, 0.5) is 30.9 Å². The quantitative estimate of drug-likeness (QED) is 0.559. The topological polar surface area (TPSA) is 123 Å². The summed E-state index contributed by atoms with van der Waals surface area (Å²) in [6.45, 7) is 3.20. The molecule has 0 radical (unpaired) electrons. The Morgan fingerprint density at radius 2 is 2.03 bits per heavy atom. The van der Waals surface area contributed by atoms with Gasteiger partial charge in [-0.15, -0.1) is 0 Å². The van der Waals surface area contributed by atoms with E-state index in [0.717, 1.165) is 18.9 Å². The lowest BCUT2D eigenvalue weighted by atomic mass is 10.0. The minimum Gasteiger partial charge on any atom is -0.465 e. The van der Waals surface area contributed by atoms with Crippen LogP contribution in [0.2, 0.25) is 0 Å². The maximum Gasteiger partial charge on any atom is 0.404 e. The van der Waals surface area contributed by atoms with Crippen molar-refractivity contribution in [1.82, 2.24) is 15.3 Å². The normalized spacial score (nSPS) is 15.1. The number of carbonyl (C=O) groups is 1. The molecule has 1 aliphatic rings. The molecule has 0 aliphatic heterocycles. The molecule has 0 aromatic carbocycles. The van der Waals surface area contributed by atoms with Crippen LogP contribution >= 0.6 is 0 Å². The molecule has 0 spiro atoms. The zero-order valence-corrected chi connectivity index (χ0v) is 15.8. The number of pyridine rings is 2. The number of amides is 1. The molecule has 3 rings (SSSR count). The highest BCUT2D eigenvalue weighted by atomic mass is 19.1. The molecular weight excluding hydrogens is 382 g/mol. The number of hydrogen-bond acceptors (Lipinski definition) is 6. The Morgan fingerprint density at radius 3 is 2.62 bits per heavy atom. The van der Waals surface area contributed by atoms with Crippen molar-refractivity contribution >= 4 is 23.4 Å². The smallest absolute Gasteiger partial charge is 0.404 e. The van der Waals surface area contributed by atoms with Crippen molar-refractivity contribution in [2.24, 2.45) is 5.92 Å². The number of aromatic nitrogens is 2. The summed E-state index contributed by atoms with van der Waals surface area (Å²) in [4.78, 5) is 19.0. The number of rotatable bonds is 7. The van der Waals surface area contributed by atoms with Crippen LogP contribution in [0.3, 0.4) is 0 Å². The maximum atomic E-state index is 14.5. The third-order valence-electron chi connectivity index (χ3n) is 4.71. The number of nitrogens with one attached hydrogen (secondary N) is 3. The van der Waals surface area contributed by atoms with Crippen molar-refractivity contribution in [1.29, 1.82) is 5.26 Å². The van der Waals surface area contributed by atoms with Gasteiger partial charge < -0.3 is 21.1 Å². The molecule has 8 nitrogen and oxygen atoms in total. The largest absolute Gasteiger partial charge is 0.465 e. The van der Waals surface area contributed by atoms with Crippen LogP contribution in [0, 0.1) is 35.8 Å². The highest BCUT2D eigenvalue weighted by molar-refractivity contribution is 5.66. The third kappa shape index (κ3) is 4.87. The van der Waals surface area contributed by atoms with E-state index in [1.807, 2.05) is 6.07 Å². The Labute approximate surface area is 166 Å². The van der Waals surface area contributed by atoms with Crippen molar-refractivity contribution < 1.29 is 18.7 Å². The summed E-state index contributed by atoms with van der Waals surface area (Å²) in [5, 5.41) is 26.4. The van der Waals surface area contributed by atoms with E-state index in [1.165, 1.54) is 19.2 Å². The Bertz CT molecular complexity index is 974. The van der Waals surface area contributed by atoms with Crippen LogP contribution in [-0.4, -0.2) is 33.3 Å². The van der Waals surface area contributed by atoms with Gasteiger partial charge in [0.05, 0.1) is 29.2 Å². The van der Waals surface area contributed by atoms with Gasteiger partial charge in [0.2, 0.25) is 0 Å². The van der Waals surface area contributed by atoms with Gasteiger partial charge in [-0.05, 0) is 38.7 Å². The second-order valence-electron chi connectivity index (χ2n) is 6.99. The first-order chi connectivity index (χ1) is 13.8. The summed E-state index contributed by atoms with van der Waals surface area (Å²) in [5.74, 6) is -1.18. The van der Waals surface area contributed by atoms with Gasteiger partial charge in [-0.3, -0.25) is 4.98 Å². The van der Waals surface area contributed by atoms with Gasteiger partial charge in [-0.25, -0.2) is 18.6 Å². The predicted molar refractivity (Wildman–Crippen MR) is 102 cm³/mol. The lowest BCUT2D eigenvalue weighted by molar-refractivity contribution is 0.188. The van der Waals surface area contributed by atoms with E-state index < -0.39 is 23.8 Å². The summed E-state index contributed by atoms with van der Waals surface area (Å²) in [5.41, 5.74) is 0.417. The Kier molecular flexibility index (Phi) is 5.77. The molecule has 2 heterocycles. The highest BCUT2D eigenvalue weighted by Crippen LogP contribution is 2.36. The number of hydrogen-bond donors (Lipinski definition) is 4. The monoisotopic (exact) mass is 402 g/mol. The Balaban J connectivity index is 1.89. The predicted octanol–water partition coefficient (Wildman–Crippen LogP) is 3.53. The molecule has 2 atom stereocenters. The number of nitrogens with zero attached hydrogens (tertiary/aromatic N) is 3. The van der Waals surface area contributed by atoms with Crippen molar-refractivity contribution in [2.75, 3.05) is 10.6 Å². The van der Waals surface area contributed by atoms with Gasteiger partial charge in [0, 0.05) is 12.1 Å². The van der Waals surface area contributed by atoms with Crippen molar-refractivity contribution in [3.8, 4) is 6.07 Å². The number of aryl methyl sites for hydroxylation is 1. The summed E-state index contributed by atoms with van der Waals surface area (Å²) < 4.78 is 28.3. The van der Waals surface area contributed by atoms with Crippen molar-refractivity contribution in [3.05, 3.63) is 41.2 Å². The Morgan fingerprint density at radius 1 is 1.31 bits per heavy atom. The molecular formula is C19H20F2N6O2. The number of carboxylic acid groups (broad SMARTS) is 1. The molecule has 1 saturated carbocycles. The van der Waals surface area contributed by atoms with Crippen molar-refractivity contribution in [2.45, 2.75) is 38.8 Å². The molecule has 0 saturated heterocycles. The standard InChI is InChI=1S/C19H20F2N6O2/c1-9-14(20)6-13(8-23-9)25-17-12(7-22)5-15(21)18(27-17)26-16(11-3-4-11)10(2)24-19(28)29/h5-6,8,10-11,16,24H,3-4H2,1-2H3,(H,28,29)(H2,25,26,27)/t10-,16+/m0/s1. The number of nitriles is 1. The van der Waals surface area contributed by atoms with Crippen molar-refractivity contribution in [3.63, 3.8) is 0 Å². The van der Waals surface area contributed by atoms with Gasteiger partial charge >= 0.3 is 6.09 Å². The van der Waals surface area contributed by atoms with E-state index in [9.17, 15) is 18.8 Å². The van der Waals surface area contributed by atoms with Gasteiger partial charge in [0.25, 0.3) is 0 Å². The van der Waals surface area contributed by atoms with Crippen LogP contribution in [0.1, 0.15) is 31.0 Å². The molecule has 2 aromatic heterocycles. The first-order valence-electron chi connectivity index (χ1n) is 9.04. The molecule has 4 N–H and O–H groups in total. The van der Waals surface area contributed by atoms with E-state index in [-0.39, 0.29) is 40.5 Å². The number of anilines is 3. The third-order valence-corrected chi connectivity index (χ3v) is 4.71. The molecule has 0 unspecified atom stereocenters. The lowest BCUT2D eigenvalue weighted by Crippen LogP contribution is -2.45. The lowest BCUT2D eigenvalue weighted by Gasteiger charge is -2.26. The van der Waals surface area contributed by atoms with E-state index in [1.54, 1.807) is 6.92 Å². The Hall–Kier alpha value is -3.48. The fraction of sp³-hybridized carbons (Fsp3) is 0.368. The molecule has 1 fully saturated rings. The first-order valence-corrected chi connectivity index (χ1v) is 9.04. The fourth-order valence-corrected chi connectivity index (χ4v) is 3.03. The van der Waals surface area contributed by atoms with Gasteiger partial charge in [-0.2, -0.15) is 5.26 Å². The summed E-state index contributed by atoms with van der Waals surface area (Å²) in [6, 6.07) is 3.22. The van der Waals surface area contributed by atoms with Crippen LogP contribution in [0.25, 0.3) is 0 Å². The van der Waals surface area contributed by atoms with E-state index >= 15 is 0 Å². The van der Waals surface area contributed by atoms with E-state index in [0.29, 0.717) is 0 Å². The zero-order valence-electron chi connectivity index (χ0n) is 15.8. The summed E-state index contributed by atoms with van der Waals surface area (Å²) in [7, 11) is 0. The molecule has 1 aliphatic carbocycles. The fourth-order valence-electron chi connectivity index (χ4n) is 3.03. The molecule has 1 amide bonds. The van der Waals surface area contributed by atoms with Gasteiger partial charge in [-0.1, -0.05) is 0 Å². The van der Waals surface area contributed by atoms with Crippen LogP contribution in [0.5, 0.6) is 0 Å². The maximum absolute atomic E-state index is 14.5. The molecule has 2 aromatic rings.